The fourth-order valence-corrected chi connectivity index (χ4v) is 8.94. The summed E-state index contributed by atoms with van der Waals surface area (Å²) in [5, 5.41) is 8.42. The second-order valence-electron chi connectivity index (χ2n) is 16.2. The molecular formula is C35H58N2O5. The van der Waals surface area contributed by atoms with Gasteiger partial charge in [-0.15, -0.1) is 0 Å². The van der Waals surface area contributed by atoms with Crippen LogP contribution in [0.15, 0.2) is 12.2 Å². The van der Waals surface area contributed by atoms with E-state index in [0.29, 0.717) is 36.0 Å². The van der Waals surface area contributed by atoms with Gasteiger partial charge in [-0.05, 0) is 140 Å². The van der Waals surface area contributed by atoms with Crippen LogP contribution in [0.25, 0.3) is 0 Å². The van der Waals surface area contributed by atoms with Crippen molar-refractivity contribution in [3.63, 3.8) is 0 Å². The molecule has 0 bridgehead atoms. The molecule has 4 aliphatic carbocycles. The van der Waals surface area contributed by atoms with Gasteiger partial charge >= 0.3 is 11.9 Å². The average Bonchev–Trinajstić information content (AvgIpc) is 3.30. The first-order valence-corrected chi connectivity index (χ1v) is 16.6. The summed E-state index contributed by atoms with van der Waals surface area (Å²) in [4.78, 5) is 24.5. The zero-order chi connectivity index (χ0) is 31.0. The van der Waals surface area contributed by atoms with Crippen LogP contribution in [0.4, 0.5) is 0 Å². The number of carbonyl (C=O) groups is 2. The lowest BCUT2D eigenvalue weighted by molar-refractivity contribution is -0.156. The van der Waals surface area contributed by atoms with E-state index in [4.69, 9.17) is 25.4 Å². The van der Waals surface area contributed by atoms with E-state index in [9.17, 15) is 9.59 Å². The van der Waals surface area contributed by atoms with Gasteiger partial charge in [0.05, 0.1) is 12.5 Å². The quantitative estimate of drug-likeness (QED) is 0.135. The van der Waals surface area contributed by atoms with Gasteiger partial charge in [0.2, 0.25) is 0 Å². The second kappa shape index (κ2) is 12.6. The Hall–Kier alpha value is -1.89. The molecule has 0 spiro atoms. The number of hydrogen-bond donors (Lipinski definition) is 2. The topological polar surface area (TPSA) is 112 Å². The van der Waals surface area contributed by atoms with Gasteiger partial charge in [-0.25, -0.2) is 0 Å². The Morgan fingerprint density at radius 2 is 1.60 bits per heavy atom. The zero-order valence-electron chi connectivity index (χ0n) is 27.5. The Morgan fingerprint density at radius 3 is 2.26 bits per heavy atom. The number of nitrogens with two attached hydrogens (primary N) is 1. The monoisotopic (exact) mass is 586 g/mol. The van der Waals surface area contributed by atoms with Crippen LogP contribution in [0.1, 0.15) is 120 Å². The number of carbonyl (C=O) groups excluding carboxylic acids is 2. The highest BCUT2D eigenvalue weighted by Gasteiger charge is 2.55. The summed E-state index contributed by atoms with van der Waals surface area (Å²) in [6, 6.07) is -0.774. The molecule has 2 unspecified atom stereocenters. The SMILES string of the molecule is C[C@H](CCC(=O)OC(C)(C)C)C1CC[C@@H]2C1C=C[C@H]1[C@H]2CC[C@@H]2C[C@H](OC(=N)[C@@H](N)CC(=O)OC(C)(C)C)CC[C@@]21C. The number of esters is 2. The third-order valence-corrected chi connectivity index (χ3v) is 10.9. The Bertz CT molecular complexity index is 1030. The molecular weight excluding hydrogens is 528 g/mol. The maximum Gasteiger partial charge on any atom is 0.308 e. The maximum atomic E-state index is 12.3. The molecule has 0 aliphatic heterocycles. The predicted octanol–water partition coefficient (Wildman–Crippen LogP) is 7.21. The van der Waals surface area contributed by atoms with Crippen molar-refractivity contribution in [2.24, 2.45) is 52.6 Å². The molecule has 0 amide bonds. The molecule has 0 aromatic rings. The Morgan fingerprint density at radius 1 is 0.952 bits per heavy atom. The van der Waals surface area contributed by atoms with E-state index in [2.05, 4.69) is 26.0 Å². The Balaban J connectivity index is 1.32. The minimum atomic E-state index is -0.774. The third kappa shape index (κ3) is 7.78. The smallest absolute Gasteiger partial charge is 0.308 e. The molecule has 4 aliphatic rings. The van der Waals surface area contributed by atoms with Gasteiger partial charge in [0.15, 0.2) is 5.90 Å². The van der Waals surface area contributed by atoms with E-state index in [-0.39, 0.29) is 29.8 Å². The van der Waals surface area contributed by atoms with Crippen molar-refractivity contribution in [2.45, 2.75) is 143 Å². The summed E-state index contributed by atoms with van der Waals surface area (Å²) >= 11 is 0. The second-order valence-corrected chi connectivity index (χ2v) is 16.2. The molecule has 238 valence electrons. The number of rotatable bonds is 8. The number of nitrogens with one attached hydrogen (secondary N) is 1. The van der Waals surface area contributed by atoms with Crippen LogP contribution in [0.3, 0.4) is 0 Å². The van der Waals surface area contributed by atoms with E-state index in [1.54, 1.807) is 0 Å². The van der Waals surface area contributed by atoms with Crippen molar-refractivity contribution in [1.29, 1.82) is 5.41 Å². The van der Waals surface area contributed by atoms with Gasteiger partial charge in [-0.2, -0.15) is 0 Å². The molecule has 3 saturated carbocycles. The van der Waals surface area contributed by atoms with Crippen molar-refractivity contribution in [3.8, 4) is 0 Å². The summed E-state index contributed by atoms with van der Waals surface area (Å²) in [5.74, 6) is 3.99. The average molecular weight is 587 g/mol. The summed E-state index contributed by atoms with van der Waals surface area (Å²) < 4.78 is 17.0. The van der Waals surface area contributed by atoms with Crippen LogP contribution in [-0.4, -0.2) is 41.2 Å². The minimum Gasteiger partial charge on any atom is -0.477 e. The van der Waals surface area contributed by atoms with Crippen molar-refractivity contribution >= 4 is 17.8 Å². The molecule has 0 heterocycles. The number of ether oxygens (including phenoxy) is 3. The van der Waals surface area contributed by atoms with E-state index in [1.807, 2.05) is 41.5 Å². The highest BCUT2D eigenvalue weighted by molar-refractivity contribution is 5.84. The van der Waals surface area contributed by atoms with Crippen molar-refractivity contribution in [2.75, 3.05) is 0 Å². The summed E-state index contributed by atoms with van der Waals surface area (Å²) in [5.41, 5.74) is 5.42. The molecule has 0 saturated heterocycles. The lowest BCUT2D eigenvalue weighted by Crippen LogP contribution is -2.51. The van der Waals surface area contributed by atoms with Crippen LogP contribution < -0.4 is 5.73 Å². The number of allylic oxidation sites excluding steroid dienone is 2. The van der Waals surface area contributed by atoms with Gasteiger partial charge in [0, 0.05) is 6.42 Å². The van der Waals surface area contributed by atoms with Gasteiger partial charge in [0.25, 0.3) is 0 Å². The highest BCUT2D eigenvalue weighted by Crippen LogP contribution is 2.62. The molecule has 7 heteroatoms. The lowest BCUT2D eigenvalue weighted by atomic mass is 9.48. The number of fused-ring (bicyclic) bond motifs is 5. The predicted molar refractivity (Wildman–Crippen MR) is 166 cm³/mol. The molecule has 4 rings (SSSR count). The van der Waals surface area contributed by atoms with E-state index in [1.165, 1.54) is 25.7 Å². The van der Waals surface area contributed by atoms with Gasteiger partial charge in [0.1, 0.15) is 17.3 Å². The van der Waals surface area contributed by atoms with Gasteiger partial charge in [-0.3, -0.25) is 15.0 Å². The Kier molecular flexibility index (Phi) is 9.91. The van der Waals surface area contributed by atoms with E-state index >= 15 is 0 Å². The van der Waals surface area contributed by atoms with Crippen molar-refractivity contribution in [1.82, 2.24) is 0 Å². The lowest BCUT2D eigenvalue weighted by Gasteiger charge is -2.57. The maximum absolute atomic E-state index is 12.3. The molecule has 0 radical (unpaired) electrons. The van der Waals surface area contributed by atoms with Gasteiger partial charge < -0.3 is 19.9 Å². The fraction of sp³-hybridized carbons (Fsp3) is 0.857. The molecule has 3 N–H and O–H groups in total. The van der Waals surface area contributed by atoms with Crippen molar-refractivity contribution in [3.05, 3.63) is 12.2 Å². The zero-order valence-corrected chi connectivity index (χ0v) is 27.5. The van der Waals surface area contributed by atoms with Crippen LogP contribution in [0.5, 0.6) is 0 Å². The largest absolute Gasteiger partial charge is 0.477 e. The third-order valence-electron chi connectivity index (χ3n) is 10.9. The van der Waals surface area contributed by atoms with E-state index in [0.717, 1.165) is 37.5 Å². The first-order valence-electron chi connectivity index (χ1n) is 16.6. The molecule has 7 nitrogen and oxygen atoms in total. The number of hydrogen-bond acceptors (Lipinski definition) is 7. The molecule has 0 aromatic carbocycles. The van der Waals surface area contributed by atoms with Crippen LogP contribution in [0, 0.1) is 52.2 Å². The fourth-order valence-electron chi connectivity index (χ4n) is 8.94. The van der Waals surface area contributed by atoms with Crippen molar-refractivity contribution < 1.29 is 23.8 Å². The molecule has 0 aromatic heterocycles. The van der Waals surface area contributed by atoms with Crippen LogP contribution >= 0.6 is 0 Å². The Labute approximate surface area is 254 Å². The standard InChI is InChI=1S/C35H58N2O5/c1-21(9-16-30(38)41-33(2,3)4)24-12-13-26-25(24)14-15-28-27(26)11-10-22-19-23(17-18-35(22,28)8)40-32(37)29(36)20-31(39)42-34(5,6)7/h14-15,21-29,37H,9-13,16-20,36H2,1-8H3/t21-,22-,23-,24?,25?,26-,27+,28+,29+,35+/m1/s1. The normalized spacial score (nSPS) is 35.7. The van der Waals surface area contributed by atoms with Crippen LogP contribution in [-0.2, 0) is 23.8 Å². The summed E-state index contributed by atoms with van der Waals surface area (Å²) in [6.07, 6.45) is 14.5. The first-order chi connectivity index (χ1) is 19.5. The highest BCUT2D eigenvalue weighted by atomic mass is 16.6. The van der Waals surface area contributed by atoms with E-state index < -0.39 is 23.2 Å². The first kappa shape index (κ1) is 33.0. The molecule has 3 fully saturated rings. The van der Waals surface area contributed by atoms with Crippen LogP contribution in [0.2, 0.25) is 0 Å². The summed E-state index contributed by atoms with van der Waals surface area (Å²) in [7, 11) is 0. The molecule has 42 heavy (non-hydrogen) atoms. The van der Waals surface area contributed by atoms with Gasteiger partial charge in [-0.1, -0.05) is 26.0 Å². The minimum absolute atomic E-state index is 0.00124. The summed E-state index contributed by atoms with van der Waals surface area (Å²) in [6.45, 7) is 16.1. The molecule has 10 atom stereocenters.